The van der Waals surface area contributed by atoms with Crippen LogP contribution in [-0.2, 0) is 6.54 Å². The van der Waals surface area contributed by atoms with Crippen LogP contribution in [0.5, 0.6) is 0 Å². The first-order valence-electron chi connectivity index (χ1n) is 4.98. The van der Waals surface area contributed by atoms with Crippen molar-refractivity contribution in [3.63, 3.8) is 0 Å². The monoisotopic (exact) mass is 207 g/mol. The molecular formula is C11H17N3O. The lowest BCUT2D eigenvalue weighted by Gasteiger charge is -2.20. The smallest absolute Gasteiger partial charge is 0.317 e. The predicted octanol–water partition coefficient (Wildman–Crippen LogP) is 1.43. The van der Waals surface area contributed by atoms with E-state index < -0.39 is 0 Å². The molecule has 15 heavy (non-hydrogen) atoms. The maximum Gasteiger partial charge on any atom is 0.317 e. The Morgan fingerprint density at radius 2 is 2.00 bits per heavy atom. The summed E-state index contributed by atoms with van der Waals surface area (Å²) in [6.07, 6.45) is 0. The van der Waals surface area contributed by atoms with E-state index >= 15 is 0 Å². The third-order valence-corrected chi connectivity index (χ3v) is 2.24. The number of nitrogens with two attached hydrogens (primary N) is 1. The third kappa shape index (κ3) is 3.16. The van der Waals surface area contributed by atoms with Crippen molar-refractivity contribution in [3.8, 4) is 0 Å². The van der Waals surface area contributed by atoms with Gasteiger partial charge in [-0.25, -0.2) is 4.79 Å². The summed E-state index contributed by atoms with van der Waals surface area (Å²) in [7, 11) is 1.63. The van der Waals surface area contributed by atoms with Crippen molar-refractivity contribution < 1.29 is 4.79 Å². The standard InChI is InChI=1S/C11H17N3O/c1-3-14(11(15)13-2)8-9-4-6-10(12)7-5-9/h4-7H,3,8,12H2,1-2H3,(H,13,15). The van der Waals surface area contributed by atoms with E-state index in [1.165, 1.54) is 0 Å². The SMILES string of the molecule is CCN(Cc1ccc(N)cc1)C(=O)NC. The number of carbonyl (C=O) groups excluding carboxylic acids is 1. The van der Waals surface area contributed by atoms with Gasteiger partial charge >= 0.3 is 6.03 Å². The van der Waals surface area contributed by atoms with E-state index in [1.54, 1.807) is 11.9 Å². The molecule has 1 rings (SSSR count). The number of amides is 2. The molecule has 1 aromatic rings. The highest BCUT2D eigenvalue weighted by Gasteiger charge is 2.09. The highest BCUT2D eigenvalue weighted by molar-refractivity contribution is 5.73. The van der Waals surface area contributed by atoms with Crippen LogP contribution >= 0.6 is 0 Å². The number of urea groups is 1. The molecule has 0 heterocycles. The van der Waals surface area contributed by atoms with Gasteiger partial charge in [-0.1, -0.05) is 12.1 Å². The molecule has 0 atom stereocenters. The lowest BCUT2D eigenvalue weighted by atomic mass is 10.2. The molecule has 0 saturated heterocycles. The summed E-state index contributed by atoms with van der Waals surface area (Å²) in [5.41, 5.74) is 7.40. The second-order valence-electron chi connectivity index (χ2n) is 3.31. The Kier molecular flexibility index (Phi) is 3.97. The summed E-state index contributed by atoms with van der Waals surface area (Å²) >= 11 is 0. The Morgan fingerprint density at radius 1 is 1.40 bits per heavy atom. The topological polar surface area (TPSA) is 58.4 Å². The number of hydrogen-bond donors (Lipinski definition) is 2. The highest BCUT2D eigenvalue weighted by Crippen LogP contribution is 2.08. The fraction of sp³-hybridized carbons (Fsp3) is 0.364. The van der Waals surface area contributed by atoms with Gasteiger partial charge in [-0.15, -0.1) is 0 Å². The van der Waals surface area contributed by atoms with Gasteiger partial charge in [0.2, 0.25) is 0 Å². The summed E-state index contributed by atoms with van der Waals surface area (Å²) in [5, 5.41) is 2.61. The number of benzene rings is 1. The van der Waals surface area contributed by atoms with Crippen molar-refractivity contribution in [2.45, 2.75) is 13.5 Å². The first kappa shape index (κ1) is 11.4. The number of nitrogen functional groups attached to an aromatic ring is 1. The van der Waals surface area contributed by atoms with Crippen molar-refractivity contribution in [2.75, 3.05) is 19.3 Å². The molecule has 4 heteroatoms. The first-order valence-corrected chi connectivity index (χ1v) is 4.98. The van der Waals surface area contributed by atoms with E-state index in [9.17, 15) is 4.79 Å². The molecule has 4 nitrogen and oxygen atoms in total. The zero-order valence-electron chi connectivity index (χ0n) is 9.16. The number of nitrogens with zero attached hydrogens (tertiary/aromatic N) is 1. The van der Waals surface area contributed by atoms with Crippen LogP contribution in [0.4, 0.5) is 10.5 Å². The molecule has 1 aromatic carbocycles. The van der Waals surface area contributed by atoms with Gasteiger partial charge in [-0.2, -0.15) is 0 Å². The average molecular weight is 207 g/mol. The van der Waals surface area contributed by atoms with E-state index in [0.29, 0.717) is 13.1 Å². The van der Waals surface area contributed by atoms with E-state index in [1.807, 2.05) is 31.2 Å². The van der Waals surface area contributed by atoms with E-state index in [2.05, 4.69) is 5.32 Å². The Hall–Kier alpha value is -1.71. The molecular weight excluding hydrogens is 190 g/mol. The summed E-state index contributed by atoms with van der Waals surface area (Å²) in [4.78, 5) is 13.1. The molecule has 0 saturated carbocycles. The Labute approximate surface area is 90.1 Å². The quantitative estimate of drug-likeness (QED) is 0.737. The zero-order chi connectivity index (χ0) is 11.3. The number of nitrogens with one attached hydrogen (secondary N) is 1. The molecule has 0 spiro atoms. The molecule has 0 bridgehead atoms. The molecule has 0 fully saturated rings. The van der Waals surface area contributed by atoms with E-state index in [-0.39, 0.29) is 6.03 Å². The number of anilines is 1. The first-order chi connectivity index (χ1) is 7.17. The number of carbonyl (C=O) groups is 1. The van der Waals surface area contributed by atoms with Crippen LogP contribution in [0.15, 0.2) is 24.3 Å². The molecule has 3 N–H and O–H groups in total. The van der Waals surface area contributed by atoms with Gasteiger partial charge in [0.05, 0.1) is 0 Å². The molecule has 82 valence electrons. The normalized spacial score (nSPS) is 9.73. The second-order valence-corrected chi connectivity index (χ2v) is 3.31. The van der Waals surface area contributed by atoms with Crippen LogP contribution in [0, 0.1) is 0 Å². The van der Waals surface area contributed by atoms with Crippen molar-refractivity contribution in [2.24, 2.45) is 0 Å². The number of rotatable bonds is 3. The van der Waals surface area contributed by atoms with Gasteiger partial charge in [0.25, 0.3) is 0 Å². The van der Waals surface area contributed by atoms with Gasteiger partial charge in [0, 0.05) is 25.8 Å². The van der Waals surface area contributed by atoms with E-state index in [4.69, 9.17) is 5.73 Å². The summed E-state index contributed by atoms with van der Waals surface area (Å²) < 4.78 is 0. The molecule has 0 radical (unpaired) electrons. The zero-order valence-corrected chi connectivity index (χ0v) is 9.16. The minimum Gasteiger partial charge on any atom is -0.399 e. The highest BCUT2D eigenvalue weighted by atomic mass is 16.2. The van der Waals surface area contributed by atoms with Crippen LogP contribution in [0.25, 0.3) is 0 Å². The Bertz CT molecular complexity index is 321. The van der Waals surface area contributed by atoms with Crippen molar-refractivity contribution in [1.29, 1.82) is 0 Å². The van der Waals surface area contributed by atoms with Crippen LogP contribution in [0.2, 0.25) is 0 Å². The van der Waals surface area contributed by atoms with Gasteiger partial charge in [0.1, 0.15) is 0 Å². The van der Waals surface area contributed by atoms with Crippen LogP contribution in [0.3, 0.4) is 0 Å². The lowest BCUT2D eigenvalue weighted by Crippen LogP contribution is -2.37. The maximum absolute atomic E-state index is 11.4. The molecule has 0 aliphatic rings. The molecule has 0 aliphatic carbocycles. The van der Waals surface area contributed by atoms with Crippen molar-refractivity contribution >= 4 is 11.7 Å². The maximum atomic E-state index is 11.4. The molecule has 0 unspecified atom stereocenters. The minimum atomic E-state index is -0.0608. The van der Waals surface area contributed by atoms with E-state index in [0.717, 1.165) is 11.3 Å². The van der Waals surface area contributed by atoms with Gasteiger partial charge < -0.3 is 16.0 Å². The minimum absolute atomic E-state index is 0.0608. The fourth-order valence-electron chi connectivity index (χ4n) is 1.33. The summed E-state index contributed by atoms with van der Waals surface area (Å²) in [5.74, 6) is 0. The number of hydrogen-bond acceptors (Lipinski definition) is 2. The van der Waals surface area contributed by atoms with Crippen LogP contribution < -0.4 is 11.1 Å². The van der Waals surface area contributed by atoms with Gasteiger partial charge in [-0.05, 0) is 24.6 Å². The summed E-state index contributed by atoms with van der Waals surface area (Å²) in [6, 6.07) is 7.48. The van der Waals surface area contributed by atoms with Crippen LogP contribution in [-0.4, -0.2) is 24.5 Å². The second kappa shape index (κ2) is 5.24. The third-order valence-electron chi connectivity index (χ3n) is 2.24. The molecule has 0 aromatic heterocycles. The predicted molar refractivity (Wildman–Crippen MR) is 61.4 cm³/mol. The Morgan fingerprint density at radius 3 is 2.47 bits per heavy atom. The lowest BCUT2D eigenvalue weighted by molar-refractivity contribution is 0.200. The average Bonchev–Trinajstić information content (AvgIpc) is 2.27. The van der Waals surface area contributed by atoms with Crippen molar-refractivity contribution in [3.05, 3.63) is 29.8 Å². The Balaban J connectivity index is 2.66. The summed E-state index contributed by atoms with van der Waals surface area (Å²) in [6.45, 7) is 3.24. The van der Waals surface area contributed by atoms with Crippen molar-refractivity contribution in [1.82, 2.24) is 10.2 Å². The largest absolute Gasteiger partial charge is 0.399 e. The van der Waals surface area contributed by atoms with Gasteiger partial charge in [0.15, 0.2) is 0 Å². The van der Waals surface area contributed by atoms with Gasteiger partial charge in [-0.3, -0.25) is 0 Å². The molecule has 0 aliphatic heterocycles. The van der Waals surface area contributed by atoms with Crippen LogP contribution in [0.1, 0.15) is 12.5 Å². The fourth-order valence-corrected chi connectivity index (χ4v) is 1.33. The molecule has 2 amide bonds.